The van der Waals surface area contributed by atoms with Crippen molar-refractivity contribution in [3.05, 3.63) is 34.9 Å². The fraction of sp³-hybridized carbons (Fsp3) is 0.533. The number of aryl methyl sites for hydroxylation is 2. The van der Waals surface area contributed by atoms with Crippen molar-refractivity contribution in [1.82, 2.24) is 10.6 Å². The lowest BCUT2D eigenvalue weighted by Crippen LogP contribution is -2.51. The smallest absolute Gasteiger partial charge is 0.239 e. The van der Waals surface area contributed by atoms with E-state index in [2.05, 4.69) is 42.7 Å². The molecule has 0 radical (unpaired) electrons. The first-order chi connectivity index (χ1) is 9.15. The molecule has 1 atom stereocenters. The van der Waals surface area contributed by atoms with Crippen LogP contribution in [0, 0.1) is 13.8 Å². The monoisotopic (exact) mass is 298 g/mol. The molecule has 0 aromatic heterocycles. The van der Waals surface area contributed by atoms with Crippen molar-refractivity contribution in [2.24, 2.45) is 0 Å². The molecule has 0 aliphatic carbocycles. The lowest BCUT2D eigenvalue weighted by Gasteiger charge is -2.22. The zero-order valence-electron chi connectivity index (χ0n) is 12.1. The molecule has 1 fully saturated rings. The molecule has 1 aliphatic heterocycles. The van der Waals surface area contributed by atoms with E-state index >= 15 is 0 Å². The number of carbonyl (C=O) groups is 1. The molecule has 1 amide bonds. The van der Waals surface area contributed by atoms with Gasteiger partial charge in [0, 0.05) is 13.1 Å². The molecule has 20 heavy (non-hydrogen) atoms. The van der Waals surface area contributed by atoms with Crippen molar-refractivity contribution in [1.29, 1.82) is 0 Å². The molecule has 1 saturated heterocycles. The fourth-order valence-electron chi connectivity index (χ4n) is 2.40. The first kappa shape index (κ1) is 17.0. The molecule has 0 bridgehead atoms. The van der Waals surface area contributed by atoms with E-state index in [-0.39, 0.29) is 24.4 Å². The second-order valence-corrected chi connectivity index (χ2v) is 5.12. The number of benzene rings is 1. The second-order valence-electron chi connectivity index (χ2n) is 5.12. The summed E-state index contributed by atoms with van der Waals surface area (Å²) in [5.41, 5.74) is 3.80. The minimum Gasteiger partial charge on any atom is -0.378 e. The normalized spacial score (nSPS) is 18.2. The van der Waals surface area contributed by atoms with Gasteiger partial charge >= 0.3 is 0 Å². The predicted molar refractivity (Wildman–Crippen MR) is 82.5 cm³/mol. The Morgan fingerprint density at radius 3 is 2.65 bits per heavy atom. The van der Waals surface area contributed by atoms with Gasteiger partial charge in [-0.1, -0.05) is 29.3 Å². The first-order valence-electron chi connectivity index (χ1n) is 6.81. The van der Waals surface area contributed by atoms with Crippen LogP contribution in [0.2, 0.25) is 0 Å². The summed E-state index contributed by atoms with van der Waals surface area (Å²) in [7, 11) is 0. The Hall–Kier alpha value is -1.10. The molecule has 1 unspecified atom stereocenters. The topological polar surface area (TPSA) is 50.4 Å². The van der Waals surface area contributed by atoms with Crippen LogP contribution >= 0.6 is 12.4 Å². The van der Waals surface area contributed by atoms with Gasteiger partial charge in [0.2, 0.25) is 5.91 Å². The lowest BCUT2D eigenvalue weighted by atomic mass is 10.1. The SMILES string of the molecule is Cc1cc(C)cc(CCNC(=O)C2COCCN2)c1.Cl. The number of carbonyl (C=O) groups excluding carboxylic acids is 1. The van der Waals surface area contributed by atoms with Crippen molar-refractivity contribution in [2.75, 3.05) is 26.3 Å². The third kappa shape index (κ3) is 5.12. The summed E-state index contributed by atoms with van der Waals surface area (Å²) in [4.78, 5) is 11.9. The average Bonchev–Trinajstić information content (AvgIpc) is 2.38. The number of hydrogen-bond donors (Lipinski definition) is 2. The van der Waals surface area contributed by atoms with Crippen LogP contribution in [0.5, 0.6) is 0 Å². The van der Waals surface area contributed by atoms with Gasteiger partial charge in [-0.3, -0.25) is 4.79 Å². The molecule has 112 valence electrons. The molecule has 1 heterocycles. The van der Waals surface area contributed by atoms with Gasteiger partial charge in [-0.05, 0) is 25.8 Å². The minimum absolute atomic E-state index is 0. The van der Waals surface area contributed by atoms with Gasteiger partial charge < -0.3 is 15.4 Å². The number of halogens is 1. The maximum Gasteiger partial charge on any atom is 0.239 e. The Kier molecular flexibility index (Phi) is 6.99. The van der Waals surface area contributed by atoms with Crippen molar-refractivity contribution in [2.45, 2.75) is 26.3 Å². The van der Waals surface area contributed by atoms with Crippen LogP contribution in [0.4, 0.5) is 0 Å². The highest BCUT2D eigenvalue weighted by Crippen LogP contribution is 2.09. The number of amides is 1. The molecular formula is C15H23ClN2O2. The van der Waals surface area contributed by atoms with E-state index < -0.39 is 0 Å². The van der Waals surface area contributed by atoms with Crippen molar-refractivity contribution < 1.29 is 9.53 Å². The second kappa shape index (κ2) is 8.25. The van der Waals surface area contributed by atoms with Crippen LogP contribution in [-0.2, 0) is 16.0 Å². The molecule has 2 N–H and O–H groups in total. The molecule has 4 nitrogen and oxygen atoms in total. The third-order valence-electron chi connectivity index (χ3n) is 3.23. The third-order valence-corrected chi connectivity index (χ3v) is 3.23. The fourth-order valence-corrected chi connectivity index (χ4v) is 2.40. The summed E-state index contributed by atoms with van der Waals surface area (Å²) < 4.78 is 5.28. The highest BCUT2D eigenvalue weighted by atomic mass is 35.5. The largest absolute Gasteiger partial charge is 0.378 e. The van der Waals surface area contributed by atoms with Gasteiger partial charge in [-0.15, -0.1) is 12.4 Å². The average molecular weight is 299 g/mol. The van der Waals surface area contributed by atoms with Gasteiger partial charge in [-0.25, -0.2) is 0 Å². The van der Waals surface area contributed by atoms with Gasteiger partial charge in [0.05, 0.1) is 13.2 Å². The summed E-state index contributed by atoms with van der Waals surface area (Å²) in [5, 5.41) is 6.11. The Bertz CT molecular complexity index is 425. The van der Waals surface area contributed by atoms with E-state index in [0.29, 0.717) is 19.8 Å². The van der Waals surface area contributed by atoms with E-state index in [1.165, 1.54) is 16.7 Å². The maximum atomic E-state index is 11.9. The highest BCUT2D eigenvalue weighted by Gasteiger charge is 2.20. The summed E-state index contributed by atoms with van der Waals surface area (Å²) in [5.74, 6) is 0.0316. The van der Waals surface area contributed by atoms with Gasteiger partial charge in [0.1, 0.15) is 6.04 Å². The van der Waals surface area contributed by atoms with E-state index in [0.717, 1.165) is 13.0 Å². The van der Waals surface area contributed by atoms with Crippen LogP contribution in [0.1, 0.15) is 16.7 Å². The Morgan fingerprint density at radius 1 is 1.35 bits per heavy atom. The maximum absolute atomic E-state index is 11.9. The van der Waals surface area contributed by atoms with E-state index in [1.54, 1.807) is 0 Å². The quantitative estimate of drug-likeness (QED) is 0.883. The predicted octanol–water partition coefficient (Wildman–Crippen LogP) is 1.37. The summed E-state index contributed by atoms with van der Waals surface area (Å²) in [6.07, 6.45) is 0.863. The highest BCUT2D eigenvalue weighted by molar-refractivity contribution is 5.85. The lowest BCUT2D eigenvalue weighted by molar-refractivity contribution is -0.125. The van der Waals surface area contributed by atoms with E-state index in [1.807, 2.05) is 0 Å². The number of morpholine rings is 1. The Balaban J connectivity index is 0.00000200. The summed E-state index contributed by atoms with van der Waals surface area (Å²) >= 11 is 0. The number of rotatable bonds is 4. The Labute approximate surface area is 126 Å². The van der Waals surface area contributed by atoms with Gasteiger partial charge in [0.15, 0.2) is 0 Å². The van der Waals surface area contributed by atoms with Crippen LogP contribution in [0.15, 0.2) is 18.2 Å². The Morgan fingerprint density at radius 2 is 2.05 bits per heavy atom. The minimum atomic E-state index is -0.201. The summed E-state index contributed by atoms with van der Waals surface area (Å²) in [6.45, 7) is 6.76. The van der Waals surface area contributed by atoms with Crippen LogP contribution in [-0.4, -0.2) is 38.3 Å². The standard InChI is InChI=1S/C15H22N2O2.ClH/c1-11-7-12(2)9-13(8-11)3-4-17-15(18)14-10-19-6-5-16-14;/h7-9,14,16H,3-6,10H2,1-2H3,(H,17,18);1H. The molecule has 2 rings (SSSR count). The van der Waals surface area contributed by atoms with Gasteiger partial charge in [0.25, 0.3) is 0 Å². The molecule has 0 spiro atoms. The van der Waals surface area contributed by atoms with Crippen LogP contribution < -0.4 is 10.6 Å². The van der Waals surface area contributed by atoms with E-state index in [9.17, 15) is 4.79 Å². The molecule has 0 saturated carbocycles. The first-order valence-corrected chi connectivity index (χ1v) is 6.81. The van der Waals surface area contributed by atoms with Crippen LogP contribution in [0.25, 0.3) is 0 Å². The number of ether oxygens (including phenoxy) is 1. The molecule has 1 aromatic carbocycles. The zero-order valence-corrected chi connectivity index (χ0v) is 12.9. The van der Waals surface area contributed by atoms with Crippen molar-refractivity contribution >= 4 is 18.3 Å². The number of hydrogen-bond acceptors (Lipinski definition) is 3. The van der Waals surface area contributed by atoms with E-state index in [4.69, 9.17) is 4.74 Å². The zero-order chi connectivity index (χ0) is 13.7. The number of nitrogens with one attached hydrogen (secondary N) is 2. The summed E-state index contributed by atoms with van der Waals surface area (Å²) in [6, 6.07) is 6.29. The molecular weight excluding hydrogens is 276 g/mol. The van der Waals surface area contributed by atoms with Crippen molar-refractivity contribution in [3.8, 4) is 0 Å². The molecule has 1 aliphatic rings. The molecule has 1 aromatic rings. The van der Waals surface area contributed by atoms with Crippen molar-refractivity contribution in [3.63, 3.8) is 0 Å². The van der Waals surface area contributed by atoms with Gasteiger partial charge in [-0.2, -0.15) is 0 Å². The molecule has 5 heteroatoms. The van der Waals surface area contributed by atoms with Crippen LogP contribution in [0.3, 0.4) is 0 Å².